The van der Waals surface area contributed by atoms with Crippen LogP contribution in [0.1, 0.15) is 47.5 Å². The number of nitrogens with one attached hydrogen (secondary N) is 2. The van der Waals surface area contributed by atoms with Crippen molar-refractivity contribution in [2.24, 2.45) is 10.9 Å². The van der Waals surface area contributed by atoms with Gasteiger partial charge in [-0.2, -0.15) is 0 Å². The third kappa shape index (κ3) is 12.7. The van der Waals surface area contributed by atoms with Crippen molar-refractivity contribution in [3.8, 4) is 0 Å². The van der Waals surface area contributed by atoms with E-state index in [2.05, 4.69) is 15.6 Å². The van der Waals surface area contributed by atoms with Crippen LogP contribution < -0.4 is 10.6 Å². The highest BCUT2D eigenvalue weighted by Gasteiger charge is 2.23. The first-order chi connectivity index (χ1) is 13.5. The molecule has 1 atom stereocenters. The Bertz CT molecular complexity index is 524. The van der Waals surface area contributed by atoms with Crippen LogP contribution in [-0.4, -0.2) is 86.2 Å². The van der Waals surface area contributed by atoms with Crippen LogP contribution in [0, 0.1) is 5.92 Å². The average Bonchev–Trinajstić information content (AvgIpc) is 2.59. The summed E-state index contributed by atoms with van der Waals surface area (Å²) in [5.74, 6) is 0.891. The van der Waals surface area contributed by atoms with Crippen molar-refractivity contribution in [1.29, 1.82) is 0 Å². The van der Waals surface area contributed by atoms with Gasteiger partial charge in [-0.05, 0) is 46.5 Å². The number of rotatable bonds is 8. The fraction of sp³-hybridized carbons (Fsp3) is 0.900. The Morgan fingerprint density at radius 2 is 1.90 bits per heavy atom. The van der Waals surface area contributed by atoms with Crippen molar-refractivity contribution in [3.05, 3.63) is 0 Å². The fourth-order valence-corrected chi connectivity index (χ4v) is 3.16. The first-order valence-electron chi connectivity index (χ1n) is 10.5. The number of guanidine groups is 1. The minimum Gasteiger partial charge on any atom is -0.444 e. The van der Waals surface area contributed by atoms with Crippen molar-refractivity contribution in [1.82, 2.24) is 20.4 Å². The summed E-state index contributed by atoms with van der Waals surface area (Å²) in [5.41, 5.74) is -0.514. The number of halogens is 3. The van der Waals surface area contributed by atoms with Crippen molar-refractivity contribution in [2.75, 3.05) is 46.3 Å². The molecule has 1 saturated heterocycles. The van der Waals surface area contributed by atoms with Crippen LogP contribution in [0.2, 0.25) is 0 Å². The first-order valence-corrected chi connectivity index (χ1v) is 10.5. The molecule has 0 spiro atoms. The highest BCUT2D eigenvalue weighted by atomic mass is 127. The van der Waals surface area contributed by atoms with Crippen LogP contribution in [0.25, 0.3) is 0 Å². The van der Waals surface area contributed by atoms with Gasteiger partial charge in [0, 0.05) is 45.8 Å². The smallest absolute Gasteiger partial charge is 0.410 e. The molecule has 1 aliphatic heterocycles. The summed E-state index contributed by atoms with van der Waals surface area (Å²) in [5, 5.41) is 6.65. The molecule has 1 unspecified atom stereocenters. The zero-order chi connectivity index (χ0) is 22.0. The molecule has 0 aromatic heterocycles. The Balaban J connectivity index is 0.00000841. The van der Waals surface area contributed by atoms with Gasteiger partial charge in [0.25, 0.3) is 6.43 Å². The molecule has 0 saturated carbocycles. The number of carbonyl (C=O) groups excluding carboxylic acids is 1. The molecule has 0 radical (unpaired) electrons. The number of hydrogen-bond acceptors (Lipinski definition) is 4. The zero-order valence-electron chi connectivity index (χ0n) is 19.2. The molecule has 1 fully saturated rings. The first kappa shape index (κ1) is 29.1. The molecule has 7 nitrogen and oxygen atoms in total. The molecule has 0 aromatic carbocycles. The predicted molar refractivity (Wildman–Crippen MR) is 128 cm³/mol. The van der Waals surface area contributed by atoms with Gasteiger partial charge in [0.2, 0.25) is 0 Å². The van der Waals surface area contributed by atoms with Crippen molar-refractivity contribution in [3.63, 3.8) is 0 Å². The Kier molecular flexibility index (Phi) is 13.8. The molecular formula is C20H40F2IN5O2. The maximum atomic E-state index is 12.5. The maximum absolute atomic E-state index is 12.5. The lowest BCUT2D eigenvalue weighted by Crippen LogP contribution is -2.49. The van der Waals surface area contributed by atoms with Crippen LogP contribution in [0.15, 0.2) is 4.99 Å². The van der Waals surface area contributed by atoms with Crippen LogP contribution >= 0.6 is 24.0 Å². The number of alkyl halides is 2. The van der Waals surface area contributed by atoms with Gasteiger partial charge in [-0.25, -0.2) is 13.6 Å². The number of piperidine rings is 1. The zero-order valence-corrected chi connectivity index (χ0v) is 21.5. The number of ether oxygens (including phenoxy) is 1. The number of likely N-dealkylation sites (tertiary alicyclic amines) is 1. The molecular weight excluding hydrogens is 507 g/mol. The molecule has 0 bridgehead atoms. The maximum Gasteiger partial charge on any atom is 0.410 e. The van der Waals surface area contributed by atoms with Crippen LogP contribution in [0.3, 0.4) is 0 Å². The van der Waals surface area contributed by atoms with E-state index in [0.717, 1.165) is 25.3 Å². The van der Waals surface area contributed by atoms with E-state index in [0.29, 0.717) is 26.2 Å². The van der Waals surface area contributed by atoms with Crippen LogP contribution in [0.5, 0.6) is 0 Å². The molecule has 0 aliphatic carbocycles. The molecule has 2 N–H and O–H groups in total. The van der Waals surface area contributed by atoms with Gasteiger partial charge in [0.05, 0.1) is 6.54 Å². The summed E-state index contributed by atoms with van der Waals surface area (Å²) < 4.78 is 30.4. The van der Waals surface area contributed by atoms with Crippen molar-refractivity contribution < 1.29 is 18.3 Å². The normalized spacial score (nSPS) is 17.3. The van der Waals surface area contributed by atoms with E-state index in [1.54, 1.807) is 11.9 Å². The van der Waals surface area contributed by atoms with Crippen molar-refractivity contribution in [2.45, 2.75) is 65.5 Å². The Hall–Kier alpha value is -0.910. The number of carbonyl (C=O) groups is 1. The lowest BCUT2D eigenvalue weighted by atomic mass is 10.1. The van der Waals surface area contributed by atoms with Crippen LogP contribution in [0.4, 0.5) is 13.6 Å². The second-order valence-corrected chi connectivity index (χ2v) is 8.80. The van der Waals surface area contributed by atoms with E-state index in [4.69, 9.17) is 4.74 Å². The average molecular weight is 547 g/mol. The standard InChI is InChI=1S/C20H39F2N5O2.HI/c1-7-23-18(25-16-8-10-27(11-9-16)14-17(21)22)24-12-15(2)13-26(6)19(28)29-20(3,4)5;/h15-17H,7-14H2,1-6H3,(H2,23,24,25);1H. The van der Waals surface area contributed by atoms with E-state index < -0.39 is 12.0 Å². The summed E-state index contributed by atoms with van der Waals surface area (Å²) in [7, 11) is 1.73. The molecule has 1 heterocycles. The number of amides is 1. The van der Waals surface area contributed by atoms with Gasteiger partial charge in [-0.15, -0.1) is 24.0 Å². The second-order valence-electron chi connectivity index (χ2n) is 8.80. The van der Waals surface area contributed by atoms with Gasteiger partial charge >= 0.3 is 6.09 Å². The summed E-state index contributed by atoms with van der Waals surface area (Å²) in [6, 6.07) is 0.224. The van der Waals surface area contributed by atoms with Gasteiger partial charge in [0.1, 0.15) is 5.60 Å². The highest BCUT2D eigenvalue weighted by molar-refractivity contribution is 14.0. The van der Waals surface area contributed by atoms with Crippen LogP contribution in [-0.2, 0) is 4.74 Å². The molecule has 30 heavy (non-hydrogen) atoms. The summed E-state index contributed by atoms with van der Waals surface area (Å²) in [6.07, 6.45) is -0.991. The van der Waals surface area contributed by atoms with Gasteiger partial charge in [-0.1, -0.05) is 6.92 Å². The number of aliphatic imine (C=N–C) groups is 1. The topological polar surface area (TPSA) is 69.2 Å². The van der Waals surface area contributed by atoms with Gasteiger partial charge < -0.3 is 20.3 Å². The predicted octanol–water partition coefficient (Wildman–Crippen LogP) is 3.39. The molecule has 1 amide bonds. The molecule has 10 heteroatoms. The minimum absolute atomic E-state index is 0. The quantitative estimate of drug-likeness (QED) is 0.277. The SMILES string of the molecule is CCNC(=NCC(C)CN(C)C(=O)OC(C)(C)C)NC1CCN(CC(F)F)CC1.I. The Labute approximate surface area is 197 Å². The monoisotopic (exact) mass is 547 g/mol. The molecule has 1 aliphatic rings. The van der Waals surface area contributed by atoms with E-state index in [1.165, 1.54) is 0 Å². The minimum atomic E-state index is -2.28. The van der Waals surface area contributed by atoms with E-state index in [-0.39, 0.29) is 48.6 Å². The third-order valence-electron chi connectivity index (χ3n) is 4.52. The largest absolute Gasteiger partial charge is 0.444 e. The fourth-order valence-electron chi connectivity index (χ4n) is 3.16. The lowest BCUT2D eigenvalue weighted by molar-refractivity contribution is 0.0278. The van der Waals surface area contributed by atoms with E-state index in [1.807, 2.05) is 39.5 Å². The number of nitrogens with zero attached hydrogens (tertiary/aromatic N) is 3. The number of hydrogen-bond donors (Lipinski definition) is 2. The van der Waals surface area contributed by atoms with Gasteiger partial charge in [-0.3, -0.25) is 9.89 Å². The van der Waals surface area contributed by atoms with E-state index >= 15 is 0 Å². The second kappa shape index (κ2) is 14.2. The lowest BCUT2D eigenvalue weighted by Gasteiger charge is -2.32. The summed E-state index contributed by atoms with van der Waals surface area (Å²) in [4.78, 5) is 20.1. The molecule has 178 valence electrons. The molecule has 0 aromatic rings. The van der Waals surface area contributed by atoms with Gasteiger partial charge in [0.15, 0.2) is 5.96 Å². The third-order valence-corrected chi connectivity index (χ3v) is 4.52. The Morgan fingerprint density at radius 1 is 1.30 bits per heavy atom. The summed E-state index contributed by atoms with van der Waals surface area (Å²) >= 11 is 0. The Morgan fingerprint density at radius 3 is 2.40 bits per heavy atom. The molecule has 1 rings (SSSR count). The highest BCUT2D eigenvalue weighted by Crippen LogP contribution is 2.12. The summed E-state index contributed by atoms with van der Waals surface area (Å²) in [6.45, 7) is 12.6. The van der Waals surface area contributed by atoms with E-state index in [9.17, 15) is 13.6 Å². The van der Waals surface area contributed by atoms with Crippen molar-refractivity contribution >= 4 is 36.0 Å².